The number of carbonyl (C=O) groups excluding carboxylic acids is 1. The van der Waals surface area contributed by atoms with Crippen molar-refractivity contribution in [3.63, 3.8) is 0 Å². The number of ether oxygens (including phenoxy) is 1. The number of benzene rings is 3. The Morgan fingerprint density at radius 3 is 2.44 bits per heavy atom. The minimum absolute atomic E-state index is 0.0109. The lowest BCUT2D eigenvalue weighted by Gasteiger charge is -2.15. The van der Waals surface area contributed by atoms with Crippen LogP contribution in [0.3, 0.4) is 0 Å². The van der Waals surface area contributed by atoms with Crippen LogP contribution in [0.15, 0.2) is 71.6 Å². The van der Waals surface area contributed by atoms with Crippen LogP contribution in [0.25, 0.3) is 0 Å². The Hall–Kier alpha value is -4.36. The number of nitriles is 1. The maximum Gasteiger partial charge on any atom is 0.307 e. The van der Waals surface area contributed by atoms with E-state index in [9.17, 15) is 18.0 Å². The minimum atomic E-state index is -4.08. The minimum Gasteiger partial charge on any atom is -0.481 e. The summed E-state index contributed by atoms with van der Waals surface area (Å²) in [5.74, 6) is -0.989. The van der Waals surface area contributed by atoms with Crippen LogP contribution < -0.4 is 14.8 Å². The van der Waals surface area contributed by atoms with E-state index >= 15 is 0 Å². The van der Waals surface area contributed by atoms with Gasteiger partial charge >= 0.3 is 5.97 Å². The summed E-state index contributed by atoms with van der Waals surface area (Å²) in [6.45, 7) is 2.15. The van der Waals surface area contributed by atoms with Crippen molar-refractivity contribution in [3.05, 3.63) is 83.4 Å². The average molecular weight is 480 g/mol. The van der Waals surface area contributed by atoms with Gasteiger partial charge in [-0.05, 0) is 67.1 Å². The van der Waals surface area contributed by atoms with E-state index in [-0.39, 0.29) is 28.3 Å². The largest absolute Gasteiger partial charge is 0.481 e. The van der Waals surface area contributed by atoms with Crippen molar-refractivity contribution in [2.45, 2.75) is 18.2 Å². The van der Waals surface area contributed by atoms with Gasteiger partial charge in [0.2, 0.25) is 0 Å². The molecule has 0 unspecified atom stereocenters. The smallest absolute Gasteiger partial charge is 0.307 e. The van der Waals surface area contributed by atoms with Crippen molar-refractivity contribution < 1.29 is 27.9 Å². The normalized spacial score (nSPS) is 10.7. The number of aliphatic carboxylic acids is 1. The van der Waals surface area contributed by atoms with Crippen molar-refractivity contribution in [2.24, 2.45) is 0 Å². The Labute approximate surface area is 196 Å². The van der Waals surface area contributed by atoms with Crippen molar-refractivity contribution in [1.82, 2.24) is 5.32 Å². The van der Waals surface area contributed by atoms with E-state index in [1.807, 2.05) is 6.07 Å². The molecule has 34 heavy (non-hydrogen) atoms. The molecule has 3 aromatic rings. The molecule has 3 aromatic carbocycles. The topological polar surface area (TPSA) is 146 Å². The number of amides is 1. The van der Waals surface area contributed by atoms with E-state index < -0.39 is 21.9 Å². The Morgan fingerprint density at radius 1 is 1.06 bits per heavy atom. The molecule has 0 radical (unpaired) electrons. The zero-order valence-corrected chi connectivity index (χ0v) is 18.9. The highest BCUT2D eigenvalue weighted by molar-refractivity contribution is 7.92. The van der Waals surface area contributed by atoms with E-state index in [0.717, 1.165) is 0 Å². The molecule has 3 N–H and O–H groups in total. The number of nitrogens with one attached hydrogen (secondary N) is 2. The lowest BCUT2D eigenvalue weighted by Crippen LogP contribution is -2.23. The first-order valence-electron chi connectivity index (χ1n) is 10.2. The summed E-state index contributed by atoms with van der Waals surface area (Å²) in [6.07, 6.45) is -0.203. The van der Waals surface area contributed by atoms with Gasteiger partial charge in [0, 0.05) is 12.1 Å². The molecule has 10 heteroatoms. The number of rotatable bonds is 9. The zero-order chi connectivity index (χ0) is 24.7. The summed E-state index contributed by atoms with van der Waals surface area (Å²) in [5, 5.41) is 20.6. The molecule has 1 amide bonds. The van der Waals surface area contributed by atoms with Crippen LogP contribution in [0.2, 0.25) is 0 Å². The molecule has 0 fully saturated rings. The van der Waals surface area contributed by atoms with Crippen molar-refractivity contribution in [2.75, 3.05) is 11.3 Å². The molecule has 0 aliphatic rings. The van der Waals surface area contributed by atoms with Gasteiger partial charge in [-0.1, -0.05) is 12.1 Å². The molecule has 0 heterocycles. The number of anilines is 1. The van der Waals surface area contributed by atoms with Crippen LogP contribution in [0.5, 0.6) is 11.5 Å². The third kappa shape index (κ3) is 6.11. The van der Waals surface area contributed by atoms with E-state index in [2.05, 4.69) is 10.0 Å². The van der Waals surface area contributed by atoms with E-state index in [0.29, 0.717) is 23.4 Å². The molecular formula is C24H21N3O6S. The predicted molar refractivity (Wildman–Crippen MR) is 124 cm³/mol. The Kier molecular flexibility index (Phi) is 7.50. The number of sulfonamides is 1. The highest BCUT2D eigenvalue weighted by Gasteiger charge is 2.19. The number of hydrogen-bond acceptors (Lipinski definition) is 6. The Morgan fingerprint density at radius 2 is 1.79 bits per heavy atom. The highest BCUT2D eigenvalue weighted by atomic mass is 32.2. The molecule has 174 valence electrons. The van der Waals surface area contributed by atoms with Crippen LogP contribution in [-0.4, -0.2) is 31.9 Å². The average Bonchev–Trinajstić information content (AvgIpc) is 2.80. The molecule has 0 aliphatic carbocycles. The maximum atomic E-state index is 13.0. The fourth-order valence-corrected chi connectivity index (χ4v) is 4.10. The SMILES string of the molecule is CCNC(=O)c1ccc(Oc2cccc(CC(=O)O)c2)c(NS(=O)(=O)c2ccc(C#N)cc2)c1. The summed E-state index contributed by atoms with van der Waals surface area (Å²) in [6, 6.07) is 17.9. The van der Waals surface area contributed by atoms with Crippen LogP contribution >= 0.6 is 0 Å². The van der Waals surface area contributed by atoms with Crippen molar-refractivity contribution >= 4 is 27.6 Å². The lowest BCUT2D eigenvalue weighted by atomic mass is 10.1. The quantitative estimate of drug-likeness (QED) is 0.425. The lowest BCUT2D eigenvalue weighted by molar-refractivity contribution is -0.136. The molecule has 9 nitrogen and oxygen atoms in total. The second-order valence-electron chi connectivity index (χ2n) is 7.13. The van der Waals surface area contributed by atoms with Gasteiger partial charge in [0.15, 0.2) is 5.75 Å². The summed E-state index contributed by atoms with van der Waals surface area (Å²) < 4.78 is 34.2. The maximum absolute atomic E-state index is 13.0. The molecule has 0 aliphatic heterocycles. The molecule has 0 aromatic heterocycles. The number of hydrogen-bond donors (Lipinski definition) is 3. The fourth-order valence-electron chi connectivity index (χ4n) is 3.04. The van der Waals surface area contributed by atoms with E-state index in [4.69, 9.17) is 15.1 Å². The first-order chi connectivity index (χ1) is 16.2. The first kappa shape index (κ1) is 24.3. The zero-order valence-electron chi connectivity index (χ0n) is 18.1. The van der Waals surface area contributed by atoms with E-state index in [1.165, 1.54) is 48.5 Å². The van der Waals surface area contributed by atoms with Crippen LogP contribution in [0, 0.1) is 11.3 Å². The standard InChI is InChI=1S/C24H21N3O6S/c1-2-26-24(30)18-8-11-22(33-19-5-3-4-17(12-19)13-23(28)29)21(14-18)27-34(31,32)20-9-6-16(15-25)7-10-20/h3-12,14,27H,2,13H2,1H3,(H,26,30)(H,28,29). The predicted octanol–water partition coefficient (Wildman–Crippen LogP) is 3.53. The van der Waals surface area contributed by atoms with E-state index in [1.54, 1.807) is 25.1 Å². The fraction of sp³-hybridized carbons (Fsp3) is 0.125. The monoisotopic (exact) mass is 479 g/mol. The Bertz CT molecular complexity index is 1360. The number of carboxylic acids is 1. The van der Waals surface area contributed by atoms with Crippen LogP contribution in [0.1, 0.15) is 28.4 Å². The summed E-state index contributed by atoms with van der Waals surface area (Å²) in [7, 11) is -4.08. The number of carboxylic acid groups (broad SMARTS) is 1. The third-order valence-corrected chi connectivity index (χ3v) is 5.98. The van der Waals surface area contributed by atoms with Gasteiger partial charge in [-0.15, -0.1) is 0 Å². The summed E-state index contributed by atoms with van der Waals surface area (Å²) in [5.41, 5.74) is 1.04. The summed E-state index contributed by atoms with van der Waals surface area (Å²) >= 11 is 0. The third-order valence-electron chi connectivity index (χ3n) is 4.60. The second kappa shape index (κ2) is 10.5. The van der Waals surface area contributed by atoms with Crippen LogP contribution in [0.4, 0.5) is 5.69 Å². The molecule has 0 atom stereocenters. The van der Waals surface area contributed by atoms with Gasteiger partial charge in [0.05, 0.1) is 28.6 Å². The van der Waals surface area contributed by atoms with Crippen LogP contribution in [-0.2, 0) is 21.2 Å². The van der Waals surface area contributed by atoms with Gasteiger partial charge in [-0.2, -0.15) is 5.26 Å². The van der Waals surface area contributed by atoms with Crippen molar-refractivity contribution in [3.8, 4) is 17.6 Å². The highest BCUT2D eigenvalue weighted by Crippen LogP contribution is 2.33. The first-order valence-corrected chi connectivity index (χ1v) is 11.6. The number of carbonyl (C=O) groups is 2. The van der Waals surface area contributed by atoms with Gasteiger partial charge in [-0.3, -0.25) is 14.3 Å². The van der Waals surface area contributed by atoms with Crippen molar-refractivity contribution in [1.29, 1.82) is 5.26 Å². The summed E-state index contributed by atoms with van der Waals surface area (Å²) in [4.78, 5) is 23.2. The molecular weight excluding hydrogens is 458 g/mol. The van der Waals surface area contributed by atoms with Gasteiger partial charge in [0.1, 0.15) is 5.75 Å². The molecule has 0 saturated heterocycles. The molecule has 0 bridgehead atoms. The van der Waals surface area contributed by atoms with Gasteiger partial charge in [-0.25, -0.2) is 8.42 Å². The molecule has 0 saturated carbocycles. The Balaban J connectivity index is 1.99. The molecule has 3 rings (SSSR count). The van der Waals surface area contributed by atoms with Gasteiger partial charge < -0.3 is 15.2 Å². The number of nitrogens with zero attached hydrogens (tertiary/aromatic N) is 1. The second-order valence-corrected chi connectivity index (χ2v) is 8.81. The van der Waals surface area contributed by atoms with Gasteiger partial charge in [0.25, 0.3) is 15.9 Å². The molecule has 0 spiro atoms.